The fraction of sp³-hybridized carbons (Fsp3) is 0.800. The summed E-state index contributed by atoms with van der Waals surface area (Å²) in [5.41, 5.74) is -1.59. The second kappa shape index (κ2) is 7.47. The van der Waals surface area contributed by atoms with Crippen LogP contribution in [0.2, 0.25) is 0 Å². The summed E-state index contributed by atoms with van der Waals surface area (Å²) in [7, 11) is 0. The molecule has 0 radical (unpaired) electrons. The molecule has 0 rings (SSSR count). The average Bonchev–Trinajstić information content (AvgIpc) is 2.29. The number of hydrogen-bond acceptors (Lipinski definition) is 5. The highest BCUT2D eigenvalue weighted by Crippen LogP contribution is 2.16. The minimum Gasteiger partial charge on any atom is -0.481 e. The van der Waals surface area contributed by atoms with E-state index in [-0.39, 0.29) is 0 Å². The summed E-state index contributed by atoms with van der Waals surface area (Å²) in [6.07, 6.45) is -2.47. The maximum Gasteiger partial charge on any atom is 0.408 e. The van der Waals surface area contributed by atoms with E-state index in [1.54, 1.807) is 41.5 Å². The lowest BCUT2D eigenvalue weighted by Gasteiger charge is -2.28. The van der Waals surface area contributed by atoms with E-state index < -0.39 is 47.6 Å². The van der Waals surface area contributed by atoms with Gasteiger partial charge in [-0.15, -0.1) is 0 Å². The molecule has 0 saturated carbocycles. The normalized spacial score (nSPS) is 16.8. The van der Waals surface area contributed by atoms with Crippen LogP contribution in [0.3, 0.4) is 0 Å². The zero-order valence-corrected chi connectivity index (χ0v) is 14.2. The fourth-order valence-corrected chi connectivity index (χ4v) is 1.53. The number of carbonyl (C=O) groups is 3. The predicted molar refractivity (Wildman–Crippen MR) is 80.4 cm³/mol. The van der Waals surface area contributed by atoms with Gasteiger partial charge in [-0.2, -0.15) is 0 Å². The first kappa shape index (κ1) is 18.3. The summed E-state index contributed by atoms with van der Waals surface area (Å²) in [6.45, 7) is 11.3. The molecule has 1 unspecified atom stereocenters. The van der Waals surface area contributed by atoms with E-state index in [0.717, 1.165) is 0 Å². The van der Waals surface area contributed by atoms with E-state index in [4.69, 9.17) is 16.0 Å². The molecular weight excluding hydrogens is 290 g/mol. The summed E-state index contributed by atoms with van der Waals surface area (Å²) < 4.78 is 17.9. The maximum atomic E-state index is 12.3. The van der Waals surface area contributed by atoms with Gasteiger partial charge in [-0.05, 0) is 47.5 Å². The van der Waals surface area contributed by atoms with Crippen LogP contribution in [-0.4, -0.2) is 40.4 Å². The largest absolute Gasteiger partial charge is 0.481 e. The minimum atomic E-state index is -1.59. The number of nitrogens with one attached hydrogen (secondary N) is 1. The Morgan fingerprint density at radius 1 is 1.09 bits per heavy atom. The molecule has 0 aliphatic heterocycles. The number of carboxylic acids is 1. The quantitative estimate of drug-likeness (QED) is 0.754. The van der Waals surface area contributed by atoms with Gasteiger partial charge < -0.3 is 19.9 Å². The zero-order valence-electron chi connectivity index (χ0n) is 15.2. The number of amides is 1. The Labute approximate surface area is 132 Å². The lowest BCUT2D eigenvalue weighted by atomic mass is 9.98. The SMILES string of the molecule is [2H]C(C(=O)O)[C@H](C)[C@H](NC(=O)OC(C)(C)C)C(=O)OC(C)(C)C. The van der Waals surface area contributed by atoms with Crippen LogP contribution in [0.25, 0.3) is 0 Å². The van der Waals surface area contributed by atoms with Crippen LogP contribution in [0.15, 0.2) is 0 Å². The highest BCUT2D eigenvalue weighted by molar-refractivity contribution is 5.82. The molecule has 7 nitrogen and oxygen atoms in total. The van der Waals surface area contributed by atoms with Gasteiger partial charge in [-0.3, -0.25) is 4.79 Å². The van der Waals surface area contributed by atoms with E-state index >= 15 is 0 Å². The molecule has 0 fully saturated rings. The van der Waals surface area contributed by atoms with Crippen molar-refractivity contribution in [3.63, 3.8) is 0 Å². The fourth-order valence-electron chi connectivity index (χ4n) is 1.53. The Kier molecular flexibility index (Phi) is 6.20. The number of hydrogen-bond donors (Lipinski definition) is 2. The van der Waals surface area contributed by atoms with Crippen molar-refractivity contribution in [2.24, 2.45) is 5.92 Å². The van der Waals surface area contributed by atoms with E-state index in [0.29, 0.717) is 0 Å². The first-order valence-corrected chi connectivity index (χ1v) is 7.01. The standard InChI is InChI=1S/C15H27NO6/c1-9(8-10(17)18)11(12(19)21-14(2,3)4)16-13(20)22-15(5,6)7/h9,11H,8H2,1-7H3,(H,16,20)(H,17,18)/t9-,11-/m0/s1/i8D/t8?,9-,11-. The Bertz CT molecular complexity index is 452. The molecule has 0 bridgehead atoms. The number of rotatable bonds is 5. The third kappa shape index (κ3) is 9.20. The van der Waals surface area contributed by atoms with Crippen LogP contribution in [-0.2, 0) is 19.1 Å². The summed E-state index contributed by atoms with van der Waals surface area (Å²) in [5.74, 6) is -3.21. The summed E-state index contributed by atoms with van der Waals surface area (Å²) in [5, 5.41) is 11.3. The number of alkyl carbamates (subject to hydrolysis) is 1. The molecule has 0 aromatic rings. The molecule has 7 heteroatoms. The van der Waals surface area contributed by atoms with Crippen LogP contribution >= 0.6 is 0 Å². The molecule has 0 heterocycles. The Morgan fingerprint density at radius 2 is 1.55 bits per heavy atom. The number of carbonyl (C=O) groups excluding carboxylic acids is 2. The van der Waals surface area contributed by atoms with E-state index in [2.05, 4.69) is 5.32 Å². The van der Waals surface area contributed by atoms with Gasteiger partial charge in [0.2, 0.25) is 0 Å². The highest BCUT2D eigenvalue weighted by atomic mass is 16.6. The molecule has 0 aliphatic carbocycles. The second-order valence-corrected chi connectivity index (χ2v) is 7.02. The number of esters is 1. The van der Waals surface area contributed by atoms with Crippen molar-refractivity contribution >= 4 is 18.0 Å². The van der Waals surface area contributed by atoms with Gasteiger partial charge in [-0.1, -0.05) is 6.92 Å². The molecule has 1 amide bonds. The number of carboxylic acid groups (broad SMARTS) is 1. The highest BCUT2D eigenvalue weighted by Gasteiger charge is 2.33. The third-order valence-corrected chi connectivity index (χ3v) is 2.26. The van der Waals surface area contributed by atoms with Gasteiger partial charge in [0.05, 0.1) is 6.40 Å². The molecule has 0 aromatic heterocycles. The molecule has 0 aliphatic rings. The zero-order chi connectivity index (χ0) is 18.6. The summed E-state index contributed by atoms with van der Waals surface area (Å²) in [4.78, 5) is 35.1. The minimum absolute atomic E-state index is 0.779. The molecule has 0 spiro atoms. The van der Waals surface area contributed by atoms with Crippen LogP contribution in [0, 0.1) is 5.92 Å². The van der Waals surface area contributed by atoms with E-state index in [1.807, 2.05) is 0 Å². The Balaban J connectivity index is 5.26. The third-order valence-electron chi connectivity index (χ3n) is 2.26. The average molecular weight is 318 g/mol. The van der Waals surface area contributed by atoms with Crippen molar-refractivity contribution in [1.82, 2.24) is 5.32 Å². The molecule has 22 heavy (non-hydrogen) atoms. The molecular formula is C15H27NO6. The van der Waals surface area contributed by atoms with Gasteiger partial charge in [0.15, 0.2) is 0 Å². The molecule has 128 valence electrons. The summed E-state index contributed by atoms with van der Waals surface area (Å²) >= 11 is 0. The van der Waals surface area contributed by atoms with Crippen molar-refractivity contribution in [3.8, 4) is 0 Å². The first-order chi connectivity index (χ1) is 10.1. The first-order valence-electron chi connectivity index (χ1n) is 7.59. The smallest absolute Gasteiger partial charge is 0.408 e. The monoisotopic (exact) mass is 318 g/mol. The molecule has 0 aromatic carbocycles. The maximum absolute atomic E-state index is 12.3. The van der Waals surface area contributed by atoms with Crippen LogP contribution in [0.4, 0.5) is 4.79 Å². The number of aliphatic carboxylic acids is 1. The van der Waals surface area contributed by atoms with Gasteiger partial charge in [0.1, 0.15) is 17.2 Å². The molecule has 3 atom stereocenters. The second-order valence-electron chi connectivity index (χ2n) is 7.02. The Hall–Kier alpha value is -1.79. The Morgan fingerprint density at radius 3 is 1.91 bits per heavy atom. The van der Waals surface area contributed by atoms with Crippen molar-refractivity contribution in [2.75, 3.05) is 0 Å². The van der Waals surface area contributed by atoms with Gasteiger partial charge >= 0.3 is 18.0 Å². The van der Waals surface area contributed by atoms with Crippen molar-refractivity contribution < 1.29 is 30.3 Å². The van der Waals surface area contributed by atoms with Crippen molar-refractivity contribution in [2.45, 2.75) is 72.1 Å². The van der Waals surface area contributed by atoms with Gasteiger partial charge in [0.25, 0.3) is 0 Å². The van der Waals surface area contributed by atoms with Crippen LogP contribution in [0.1, 0.15) is 56.2 Å². The summed E-state index contributed by atoms with van der Waals surface area (Å²) in [6, 6.07) is -1.30. The lowest BCUT2D eigenvalue weighted by molar-refractivity contribution is -0.159. The number of ether oxygens (including phenoxy) is 2. The van der Waals surface area contributed by atoms with Crippen LogP contribution < -0.4 is 5.32 Å². The van der Waals surface area contributed by atoms with Crippen molar-refractivity contribution in [1.29, 1.82) is 0 Å². The van der Waals surface area contributed by atoms with E-state index in [9.17, 15) is 14.4 Å². The lowest BCUT2D eigenvalue weighted by Crippen LogP contribution is -2.49. The molecule has 2 N–H and O–H groups in total. The topological polar surface area (TPSA) is 102 Å². The predicted octanol–water partition coefficient (Wildman–Crippen LogP) is 2.33. The molecule has 0 saturated heterocycles. The van der Waals surface area contributed by atoms with Gasteiger partial charge in [0, 0.05) is 1.37 Å². The van der Waals surface area contributed by atoms with E-state index in [1.165, 1.54) is 6.92 Å². The van der Waals surface area contributed by atoms with Crippen LogP contribution in [0.5, 0.6) is 0 Å². The van der Waals surface area contributed by atoms with Gasteiger partial charge in [-0.25, -0.2) is 9.59 Å². The van der Waals surface area contributed by atoms with Crippen molar-refractivity contribution in [3.05, 3.63) is 0 Å².